The van der Waals surface area contributed by atoms with Gasteiger partial charge in [0.25, 0.3) is 0 Å². The molecule has 0 aromatic heterocycles. The number of nitrogens with zero attached hydrogens (tertiary/aromatic N) is 1. The maximum absolute atomic E-state index is 14.8. The average molecular weight is 344 g/mol. The second-order valence-electron chi connectivity index (χ2n) is 7.12. The third-order valence-electron chi connectivity index (χ3n) is 5.05. The van der Waals surface area contributed by atoms with Gasteiger partial charge in [-0.25, -0.2) is 4.39 Å². The van der Waals surface area contributed by atoms with Crippen molar-refractivity contribution in [3.63, 3.8) is 0 Å². The molecule has 1 saturated carbocycles. The summed E-state index contributed by atoms with van der Waals surface area (Å²) in [5.74, 6) is 1.91. The number of hydrogen-bond donors (Lipinski definition) is 0. The van der Waals surface area contributed by atoms with Gasteiger partial charge in [-0.3, -0.25) is 0 Å². The van der Waals surface area contributed by atoms with Gasteiger partial charge in [0, 0.05) is 19.0 Å². The number of hydrogen-bond acceptors (Lipinski definition) is 1. The second-order valence-corrected chi connectivity index (χ2v) is 7.12. The van der Waals surface area contributed by atoms with Crippen LogP contribution in [0, 0.1) is 17.7 Å². The minimum atomic E-state index is -0.158. The molecule has 1 nitrogen and oxygen atoms in total. The van der Waals surface area contributed by atoms with Crippen LogP contribution in [0.4, 0.5) is 10.1 Å². The standard InChI is InChI=1S/C24H23FN/c1-18-14-22(18)21-12-13-23(25)24(15-21)26(16-19-8-4-2-5-9-19)17-20-10-6-3-7-11-20/h2-13,15,18H,14,16-17H2,1H3. The lowest BCUT2D eigenvalue weighted by molar-refractivity contribution is 0.615. The summed E-state index contributed by atoms with van der Waals surface area (Å²) < 4.78 is 14.8. The number of rotatable bonds is 6. The van der Waals surface area contributed by atoms with Gasteiger partial charge >= 0.3 is 0 Å². The molecule has 1 unspecified atom stereocenters. The fourth-order valence-corrected chi connectivity index (χ4v) is 3.46. The minimum Gasteiger partial charge on any atom is -0.361 e. The van der Waals surface area contributed by atoms with Crippen LogP contribution in [0.15, 0.2) is 78.9 Å². The molecule has 1 aliphatic rings. The Morgan fingerprint density at radius 2 is 1.38 bits per heavy atom. The predicted octanol–water partition coefficient (Wildman–Crippen LogP) is 5.99. The minimum absolute atomic E-state index is 0.158. The Morgan fingerprint density at radius 3 is 1.88 bits per heavy atom. The van der Waals surface area contributed by atoms with Crippen molar-refractivity contribution >= 4 is 5.69 Å². The first kappa shape index (κ1) is 16.8. The van der Waals surface area contributed by atoms with Gasteiger partial charge in [0.2, 0.25) is 0 Å². The fourth-order valence-electron chi connectivity index (χ4n) is 3.46. The van der Waals surface area contributed by atoms with Crippen molar-refractivity contribution in [3.05, 3.63) is 107 Å². The van der Waals surface area contributed by atoms with Crippen molar-refractivity contribution < 1.29 is 4.39 Å². The first-order valence-electron chi connectivity index (χ1n) is 9.19. The smallest absolute Gasteiger partial charge is 0.146 e. The van der Waals surface area contributed by atoms with Gasteiger partial charge in [-0.1, -0.05) is 73.7 Å². The molecule has 0 saturated heterocycles. The molecule has 3 aromatic rings. The van der Waals surface area contributed by atoms with Crippen LogP contribution in [0.25, 0.3) is 0 Å². The molecule has 0 heterocycles. The highest BCUT2D eigenvalue weighted by Gasteiger charge is 2.35. The third kappa shape index (κ3) is 3.80. The Kier molecular flexibility index (Phi) is 4.75. The van der Waals surface area contributed by atoms with Crippen molar-refractivity contribution in [2.24, 2.45) is 5.92 Å². The highest BCUT2D eigenvalue weighted by Crippen LogP contribution is 2.46. The molecule has 0 aliphatic heterocycles. The average Bonchev–Trinajstić information content (AvgIpc) is 3.40. The van der Waals surface area contributed by atoms with Crippen LogP contribution in [0.5, 0.6) is 0 Å². The first-order valence-corrected chi connectivity index (χ1v) is 9.19. The van der Waals surface area contributed by atoms with Crippen molar-refractivity contribution in [1.82, 2.24) is 0 Å². The molecule has 1 radical (unpaired) electrons. The molecule has 0 spiro atoms. The van der Waals surface area contributed by atoms with Crippen LogP contribution < -0.4 is 4.90 Å². The lowest BCUT2D eigenvalue weighted by atomic mass is 10.1. The summed E-state index contributed by atoms with van der Waals surface area (Å²) in [6.07, 6.45) is 1.13. The molecule has 1 atom stereocenters. The van der Waals surface area contributed by atoms with Gasteiger partial charge in [-0.2, -0.15) is 0 Å². The second kappa shape index (κ2) is 7.33. The van der Waals surface area contributed by atoms with Crippen molar-refractivity contribution in [2.75, 3.05) is 4.90 Å². The topological polar surface area (TPSA) is 3.24 Å². The van der Waals surface area contributed by atoms with E-state index >= 15 is 0 Å². The van der Waals surface area contributed by atoms with E-state index in [1.807, 2.05) is 48.5 Å². The van der Waals surface area contributed by atoms with Crippen LogP contribution >= 0.6 is 0 Å². The van der Waals surface area contributed by atoms with Crippen molar-refractivity contribution in [1.29, 1.82) is 0 Å². The van der Waals surface area contributed by atoms with Gasteiger partial charge in [-0.15, -0.1) is 0 Å². The lowest BCUT2D eigenvalue weighted by Gasteiger charge is -2.26. The fraction of sp³-hybridized carbons (Fsp3) is 0.208. The maximum Gasteiger partial charge on any atom is 0.146 e. The molecule has 131 valence electrons. The maximum atomic E-state index is 14.8. The Balaban J connectivity index is 1.67. The summed E-state index contributed by atoms with van der Waals surface area (Å²) in [4.78, 5) is 2.14. The molecule has 1 fully saturated rings. The molecule has 2 heteroatoms. The van der Waals surface area contributed by atoms with E-state index in [2.05, 4.69) is 36.1 Å². The third-order valence-corrected chi connectivity index (χ3v) is 5.05. The van der Waals surface area contributed by atoms with Gasteiger partial charge in [0.05, 0.1) is 5.69 Å². The van der Waals surface area contributed by atoms with E-state index in [0.29, 0.717) is 24.7 Å². The molecule has 0 bridgehead atoms. The van der Waals surface area contributed by atoms with Gasteiger partial charge < -0.3 is 4.90 Å². The Bertz CT molecular complexity index is 818. The number of halogens is 1. The molecular weight excluding hydrogens is 321 g/mol. The summed E-state index contributed by atoms with van der Waals surface area (Å²) in [6, 6.07) is 26.1. The van der Waals surface area contributed by atoms with E-state index in [4.69, 9.17) is 0 Å². The van der Waals surface area contributed by atoms with Crippen molar-refractivity contribution in [3.8, 4) is 0 Å². The molecule has 0 N–H and O–H groups in total. The summed E-state index contributed by atoms with van der Waals surface area (Å²) in [7, 11) is 0. The highest BCUT2D eigenvalue weighted by molar-refractivity contribution is 5.55. The number of anilines is 1. The Morgan fingerprint density at radius 1 is 0.846 bits per heavy atom. The van der Waals surface area contributed by atoms with Crippen molar-refractivity contribution in [2.45, 2.75) is 26.4 Å². The number of benzene rings is 3. The predicted molar refractivity (Wildman–Crippen MR) is 105 cm³/mol. The molecule has 26 heavy (non-hydrogen) atoms. The van der Waals surface area contributed by atoms with Crippen LogP contribution in [0.2, 0.25) is 0 Å². The van der Waals surface area contributed by atoms with Crippen LogP contribution in [0.1, 0.15) is 30.0 Å². The normalized spacial score (nSPS) is 16.5. The zero-order chi connectivity index (χ0) is 17.9. The lowest BCUT2D eigenvalue weighted by Crippen LogP contribution is -2.23. The molecule has 3 aromatic carbocycles. The zero-order valence-corrected chi connectivity index (χ0v) is 15.0. The molecule has 4 rings (SSSR count). The highest BCUT2D eigenvalue weighted by atomic mass is 19.1. The summed E-state index contributed by atoms with van der Waals surface area (Å²) in [5.41, 5.74) is 4.23. The summed E-state index contributed by atoms with van der Waals surface area (Å²) in [6.45, 7) is 3.59. The van der Waals surface area contributed by atoms with Gasteiger partial charge in [0.1, 0.15) is 5.82 Å². The Labute approximate surface area is 155 Å². The van der Waals surface area contributed by atoms with Gasteiger partial charge in [-0.05, 0) is 41.2 Å². The van der Waals surface area contributed by atoms with Crippen LogP contribution in [0.3, 0.4) is 0 Å². The molecular formula is C24H23FN. The SMILES string of the molecule is CC1C[C]1c1ccc(F)c(N(Cc2ccccc2)Cc2ccccc2)c1. The largest absolute Gasteiger partial charge is 0.361 e. The molecule has 1 aliphatic carbocycles. The van der Waals surface area contributed by atoms with Crippen LogP contribution in [-0.2, 0) is 13.1 Å². The quantitative estimate of drug-likeness (QED) is 0.530. The van der Waals surface area contributed by atoms with E-state index in [1.54, 1.807) is 6.07 Å². The Hall–Kier alpha value is -2.61. The first-order chi connectivity index (χ1) is 12.7. The van der Waals surface area contributed by atoms with E-state index < -0.39 is 0 Å². The summed E-state index contributed by atoms with van der Waals surface area (Å²) in [5, 5.41) is 0. The van der Waals surface area contributed by atoms with E-state index in [9.17, 15) is 4.39 Å². The zero-order valence-electron chi connectivity index (χ0n) is 15.0. The summed E-state index contributed by atoms with van der Waals surface area (Å²) >= 11 is 0. The monoisotopic (exact) mass is 344 g/mol. The van der Waals surface area contributed by atoms with E-state index in [0.717, 1.165) is 6.42 Å². The van der Waals surface area contributed by atoms with Gasteiger partial charge in [0.15, 0.2) is 0 Å². The van der Waals surface area contributed by atoms with E-state index in [-0.39, 0.29) is 5.82 Å². The van der Waals surface area contributed by atoms with E-state index in [1.165, 1.54) is 22.6 Å². The van der Waals surface area contributed by atoms with Crippen LogP contribution in [-0.4, -0.2) is 0 Å². The molecule has 0 amide bonds.